The monoisotopic (exact) mass is 345 g/mol. The Labute approximate surface area is 131 Å². The van der Waals surface area contributed by atoms with Gasteiger partial charge in [-0.05, 0) is 53.6 Å². The second kappa shape index (κ2) is 6.08. The Hall–Kier alpha value is -1.16. The molecule has 0 saturated carbocycles. The molecule has 0 bridgehead atoms. The maximum atomic E-state index is 3.54. The van der Waals surface area contributed by atoms with Crippen LogP contribution in [0.4, 0.5) is 0 Å². The molecule has 0 saturated heterocycles. The van der Waals surface area contributed by atoms with E-state index < -0.39 is 0 Å². The highest BCUT2D eigenvalue weighted by atomic mass is 79.9. The van der Waals surface area contributed by atoms with Crippen LogP contribution in [0.3, 0.4) is 0 Å². The Kier molecular flexibility index (Phi) is 4.20. The standard InChI is InChI=1S/C17H16BrNS/c1-19-16(10-12-5-4-6-13(18)9-12)15-11-20-17-8-3-2-7-14(15)17/h2-9,11,16,19H,10H2,1H3. The van der Waals surface area contributed by atoms with Gasteiger partial charge in [0.2, 0.25) is 0 Å². The molecule has 0 amide bonds. The Morgan fingerprint density at radius 3 is 2.80 bits per heavy atom. The molecule has 0 aliphatic rings. The van der Waals surface area contributed by atoms with Gasteiger partial charge < -0.3 is 5.32 Å². The number of nitrogens with one attached hydrogen (secondary N) is 1. The van der Waals surface area contributed by atoms with E-state index in [1.54, 1.807) is 0 Å². The molecule has 2 aromatic carbocycles. The zero-order valence-electron chi connectivity index (χ0n) is 11.3. The van der Waals surface area contributed by atoms with Gasteiger partial charge in [0.1, 0.15) is 0 Å². The molecule has 0 fully saturated rings. The van der Waals surface area contributed by atoms with E-state index in [9.17, 15) is 0 Å². The fourth-order valence-electron chi connectivity index (χ4n) is 2.54. The Morgan fingerprint density at radius 2 is 2.00 bits per heavy atom. The molecule has 1 nitrogen and oxygen atoms in total. The second-order valence-corrected chi connectivity index (χ2v) is 6.69. The first-order valence-corrected chi connectivity index (χ1v) is 8.33. The van der Waals surface area contributed by atoms with Crippen molar-refractivity contribution < 1.29 is 0 Å². The van der Waals surface area contributed by atoms with Gasteiger partial charge in [-0.3, -0.25) is 0 Å². The van der Waals surface area contributed by atoms with Gasteiger partial charge in [0.15, 0.2) is 0 Å². The lowest BCUT2D eigenvalue weighted by atomic mass is 9.98. The highest BCUT2D eigenvalue weighted by Gasteiger charge is 2.14. The van der Waals surface area contributed by atoms with Gasteiger partial charge in [-0.2, -0.15) is 0 Å². The SMILES string of the molecule is CNC(Cc1cccc(Br)c1)c1csc2ccccc12. The molecule has 3 aromatic rings. The number of hydrogen-bond acceptors (Lipinski definition) is 2. The summed E-state index contributed by atoms with van der Waals surface area (Å²) in [5.41, 5.74) is 2.74. The van der Waals surface area contributed by atoms with E-state index in [1.807, 2.05) is 18.4 Å². The van der Waals surface area contributed by atoms with Crippen molar-refractivity contribution in [3.05, 3.63) is 69.5 Å². The number of thiophene rings is 1. The minimum absolute atomic E-state index is 0.348. The summed E-state index contributed by atoms with van der Waals surface area (Å²) in [6, 6.07) is 17.5. The van der Waals surface area contributed by atoms with E-state index in [4.69, 9.17) is 0 Å². The Bertz CT molecular complexity index is 720. The van der Waals surface area contributed by atoms with Gasteiger partial charge in [0.25, 0.3) is 0 Å². The fourth-order valence-corrected chi connectivity index (χ4v) is 4.00. The normalized spacial score (nSPS) is 12.7. The molecule has 20 heavy (non-hydrogen) atoms. The highest BCUT2D eigenvalue weighted by Crippen LogP contribution is 2.31. The van der Waals surface area contributed by atoms with Crippen LogP contribution in [-0.4, -0.2) is 7.05 Å². The predicted molar refractivity (Wildman–Crippen MR) is 91.5 cm³/mol. The van der Waals surface area contributed by atoms with Crippen molar-refractivity contribution >= 4 is 37.4 Å². The third-order valence-electron chi connectivity index (χ3n) is 3.56. The van der Waals surface area contributed by atoms with Crippen molar-refractivity contribution in [1.29, 1.82) is 0 Å². The molecular weight excluding hydrogens is 330 g/mol. The van der Waals surface area contributed by atoms with Crippen molar-refractivity contribution in [1.82, 2.24) is 5.32 Å². The maximum absolute atomic E-state index is 3.54. The van der Waals surface area contributed by atoms with E-state index in [1.165, 1.54) is 21.2 Å². The van der Waals surface area contributed by atoms with Crippen LogP contribution in [0.2, 0.25) is 0 Å². The zero-order chi connectivity index (χ0) is 13.9. The van der Waals surface area contributed by atoms with E-state index in [0.29, 0.717) is 6.04 Å². The summed E-state index contributed by atoms with van der Waals surface area (Å²) in [6.45, 7) is 0. The van der Waals surface area contributed by atoms with Crippen LogP contribution in [0, 0.1) is 0 Å². The molecule has 3 heteroatoms. The van der Waals surface area contributed by atoms with Crippen LogP contribution in [0.15, 0.2) is 58.4 Å². The van der Waals surface area contributed by atoms with Crippen molar-refractivity contribution in [3.63, 3.8) is 0 Å². The number of rotatable bonds is 4. The number of halogens is 1. The lowest BCUT2D eigenvalue weighted by Crippen LogP contribution is -2.18. The van der Waals surface area contributed by atoms with Crippen molar-refractivity contribution in [3.8, 4) is 0 Å². The van der Waals surface area contributed by atoms with Crippen LogP contribution in [-0.2, 0) is 6.42 Å². The van der Waals surface area contributed by atoms with E-state index >= 15 is 0 Å². The van der Waals surface area contributed by atoms with Gasteiger partial charge in [0, 0.05) is 15.2 Å². The Balaban J connectivity index is 1.93. The summed E-state index contributed by atoms with van der Waals surface area (Å²) in [5, 5.41) is 7.10. The molecule has 1 aromatic heterocycles. The average Bonchev–Trinajstić information content (AvgIpc) is 2.89. The molecule has 1 heterocycles. The van der Waals surface area contributed by atoms with Crippen molar-refractivity contribution in [2.45, 2.75) is 12.5 Å². The van der Waals surface area contributed by atoms with Gasteiger partial charge >= 0.3 is 0 Å². The van der Waals surface area contributed by atoms with Gasteiger partial charge in [-0.25, -0.2) is 0 Å². The summed E-state index contributed by atoms with van der Waals surface area (Å²) in [4.78, 5) is 0. The molecule has 102 valence electrons. The molecule has 0 spiro atoms. The van der Waals surface area contributed by atoms with Crippen LogP contribution >= 0.6 is 27.3 Å². The molecule has 0 aliphatic carbocycles. The van der Waals surface area contributed by atoms with Gasteiger partial charge in [-0.15, -0.1) is 11.3 Å². The summed E-state index contributed by atoms with van der Waals surface area (Å²) in [6.07, 6.45) is 0.997. The molecule has 3 rings (SSSR count). The summed E-state index contributed by atoms with van der Waals surface area (Å²) in [5.74, 6) is 0. The topological polar surface area (TPSA) is 12.0 Å². The minimum atomic E-state index is 0.348. The summed E-state index contributed by atoms with van der Waals surface area (Å²) >= 11 is 5.37. The number of benzene rings is 2. The van der Waals surface area contributed by atoms with Crippen LogP contribution in [0.25, 0.3) is 10.1 Å². The third kappa shape index (κ3) is 2.80. The number of fused-ring (bicyclic) bond motifs is 1. The highest BCUT2D eigenvalue weighted by molar-refractivity contribution is 9.10. The van der Waals surface area contributed by atoms with Gasteiger partial charge in [-0.1, -0.05) is 46.3 Å². The van der Waals surface area contributed by atoms with E-state index in [0.717, 1.165) is 10.9 Å². The van der Waals surface area contributed by atoms with Gasteiger partial charge in [0.05, 0.1) is 0 Å². The first kappa shape index (κ1) is 13.8. The molecule has 1 atom stereocenters. The molecular formula is C17H16BrNS. The molecule has 0 aliphatic heterocycles. The second-order valence-electron chi connectivity index (χ2n) is 4.86. The maximum Gasteiger partial charge on any atom is 0.0372 e. The van der Waals surface area contributed by atoms with Crippen molar-refractivity contribution in [2.24, 2.45) is 0 Å². The summed E-state index contributed by atoms with van der Waals surface area (Å²) < 4.78 is 2.50. The van der Waals surface area contributed by atoms with E-state index in [-0.39, 0.29) is 0 Å². The lowest BCUT2D eigenvalue weighted by Gasteiger charge is -2.16. The first-order valence-electron chi connectivity index (χ1n) is 6.66. The smallest absolute Gasteiger partial charge is 0.0372 e. The number of hydrogen-bond donors (Lipinski definition) is 1. The number of likely N-dealkylation sites (N-methyl/N-ethyl adjacent to an activating group) is 1. The molecule has 1 N–H and O–H groups in total. The van der Waals surface area contributed by atoms with Crippen molar-refractivity contribution in [2.75, 3.05) is 7.05 Å². The van der Waals surface area contributed by atoms with Crippen LogP contribution in [0.5, 0.6) is 0 Å². The van der Waals surface area contributed by atoms with Crippen LogP contribution < -0.4 is 5.32 Å². The Morgan fingerprint density at radius 1 is 1.15 bits per heavy atom. The minimum Gasteiger partial charge on any atom is -0.313 e. The fraction of sp³-hybridized carbons (Fsp3) is 0.176. The van der Waals surface area contributed by atoms with E-state index in [2.05, 4.69) is 75.2 Å². The largest absolute Gasteiger partial charge is 0.313 e. The van der Waals surface area contributed by atoms with Crippen LogP contribution in [0.1, 0.15) is 17.2 Å². The first-order chi connectivity index (χ1) is 9.78. The summed E-state index contributed by atoms with van der Waals surface area (Å²) in [7, 11) is 2.04. The third-order valence-corrected chi connectivity index (χ3v) is 5.04. The molecule has 0 radical (unpaired) electrons. The zero-order valence-corrected chi connectivity index (χ0v) is 13.7. The predicted octanol–water partition coefficient (Wildman–Crippen LogP) is 5.17. The average molecular weight is 346 g/mol. The lowest BCUT2D eigenvalue weighted by molar-refractivity contribution is 0.597. The quantitative estimate of drug-likeness (QED) is 0.687. The molecule has 1 unspecified atom stereocenters.